The van der Waals surface area contributed by atoms with Gasteiger partial charge in [-0.1, -0.05) is 28.4 Å². The maximum atomic E-state index is 5.40. The Bertz CT molecular complexity index is 405. The van der Waals surface area contributed by atoms with Crippen molar-refractivity contribution in [1.29, 1.82) is 0 Å². The molecular formula is C16H25BrN2O. The lowest BCUT2D eigenvalue weighted by atomic mass is 10.1. The Balaban J connectivity index is 1.65. The van der Waals surface area contributed by atoms with E-state index in [2.05, 4.69) is 38.3 Å². The van der Waals surface area contributed by atoms with Crippen LogP contribution in [0.3, 0.4) is 0 Å². The summed E-state index contributed by atoms with van der Waals surface area (Å²) < 4.78 is 6.46. The molecule has 0 spiro atoms. The highest BCUT2D eigenvalue weighted by molar-refractivity contribution is 9.10. The van der Waals surface area contributed by atoms with E-state index in [1.54, 1.807) is 7.11 Å². The van der Waals surface area contributed by atoms with Gasteiger partial charge in [0.15, 0.2) is 0 Å². The van der Waals surface area contributed by atoms with E-state index >= 15 is 0 Å². The second-order valence-corrected chi connectivity index (χ2v) is 6.30. The summed E-state index contributed by atoms with van der Waals surface area (Å²) in [5.41, 5.74) is 1.22. The Morgan fingerprint density at radius 3 is 2.80 bits per heavy atom. The van der Waals surface area contributed by atoms with Gasteiger partial charge < -0.3 is 15.0 Å². The molecule has 4 heteroatoms. The van der Waals surface area contributed by atoms with Gasteiger partial charge in [-0.05, 0) is 57.6 Å². The number of halogens is 1. The van der Waals surface area contributed by atoms with Crippen molar-refractivity contribution in [3.05, 3.63) is 28.2 Å². The Hall–Kier alpha value is -0.580. The van der Waals surface area contributed by atoms with Crippen LogP contribution in [-0.2, 0) is 6.54 Å². The van der Waals surface area contributed by atoms with E-state index < -0.39 is 0 Å². The Labute approximate surface area is 130 Å². The zero-order chi connectivity index (χ0) is 14.2. The fraction of sp³-hybridized carbons (Fsp3) is 0.625. The summed E-state index contributed by atoms with van der Waals surface area (Å²) in [6, 6.07) is 6.19. The maximum Gasteiger partial charge on any atom is 0.124 e. The normalized spacial score (nSPS) is 16.3. The summed E-state index contributed by atoms with van der Waals surface area (Å²) in [5, 5.41) is 3.51. The van der Waals surface area contributed by atoms with Gasteiger partial charge in [-0.2, -0.15) is 0 Å². The molecule has 1 aromatic carbocycles. The highest BCUT2D eigenvalue weighted by Gasteiger charge is 2.09. The van der Waals surface area contributed by atoms with E-state index in [4.69, 9.17) is 4.74 Å². The number of benzene rings is 1. The smallest absolute Gasteiger partial charge is 0.124 e. The molecule has 0 unspecified atom stereocenters. The third-order valence-corrected chi connectivity index (χ3v) is 4.33. The standard InChI is InChI=1S/C16H25BrN2O/c1-20-16-12-15(17)7-6-14(16)13-18-8-5-11-19-9-3-2-4-10-19/h6-7,12,18H,2-5,8-11,13H2,1H3. The van der Waals surface area contributed by atoms with Gasteiger partial charge in [0.25, 0.3) is 0 Å². The van der Waals surface area contributed by atoms with Crippen LogP contribution in [0.2, 0.25) is 0 Å². The first-order valence-corrected chi connectivity index (χ1v) is 8.34. The lowest BCUT2D eigenvalue weighted by Crippen LogP contribution is -2.32. The third-order valence-electron chi connectivity index (χ3n) is 3.84. The highest BCUT2D eigenvalue weighted by Crippen LogP contribution is 2.23. The minimum Gasteiger partial charge on any atom is -0.496 e. The molecule has 0 amide bonds. The first-order valence-electron chi connectivity index (χ1n) is 7.55. The van der Waals surface area contributed by atoms with Crippen molar-refractivity contribution in [1.82, 2.24) is 10.2 Å². The maximum absolute atomic E-state index is 5.40. The van der Waals surface area contributed by atoms with E-state index in [0.29, 0.717) is 0 Å². The van der Waals surface area contributed by atoms with Crippen LogP contribution in [0.5, 0.6) is 5.75 Å². The van der Waals surface area contributed by atoms with Gasteiger partial charge in [-0.15, -0.1) is 0 Å². The van der Waals surface area contributed by atoms with E-state index in [9.17, 15) is 0 Å². The number of methoxy groups -OCH3 is 1. The van der Waals surface area contributed by atoms with Crippen LogP contribution in [0.15, 0.2) is 22.7 Å². The van der Waals surface area contributed by atoms with Crippen molar-refractivity contribution in [2.45, 2.75) is 32.2 Å². The molecule has 20 heavy (non-hydrogen) atoms. The number of piperidine rings is 1. The lowest BCUT2D eigenvalue weighted by molar-refractivity contribution is 0.225. The van der Waals surface area contributed by atoms with E-state index in [0.717, 1.165) is 23.3 Å². The molecule has 112 valence electrons. The van der Waals surface area contributed by atoms with Crippen molar-refractivity contribution >= 4 is 15.9 Å². The second kappa shape index (κ2) is 8.65. The van der Waals surface area contributed by atoms with Gasteiger partial charge in [0.05, 0.1) is 7.11 Å². The number of nitrogens with one attached hydrogen (secondary N) is 1. The largest absolute Gasteiger partial charge is 0.496 e. The number of nitrogens with zero attached hydrogens (tertiary/aromatic N) is 1. The predicted octanol–water partition coefficient (Wildman–Crippen LogP) is 3.42. The quantitative estimate of drug-likeness (QED) is 0.769. The number of hydrogen-bond donors (Lipinski definition) is 1. The van der Waals surface area contributed by atoms with Crippen molar-refractivity contribution in [2.75, 3.05) is 33.3 Å². The summed E-state index contributed by atoms with van der Waals surface area (Å²) in [7, 11) is 1.72. The average Bonchev–Trinajstić information content (AvgIpc) is 2.49. The monoisotopic (exact) mass is 340 g/mol. The minimum atomic E-state index is 0.871. The number of ether oxygens (including phenoxy) is 1. The van der Waals surface area contributed by atoms with Gasteiger partial charge in [0.2, 0.25) is 0 Å². The van der Waals surface area contributed by atoms with Crippen LogP contribution in [0, 0.1) is 0 Å². The van der Waals surface area contributed by atoms with Crippen LogP contribution < -0.4 is 10.1 Å². The summed E-state index contributed by atoms with van der Waals surface area (Å²) in [5.74, 6) is 0.947. The number of rotatable bonds is 7. The van der Waals surface area contributed by atoms with Crippen LogP contribution >= 0.6 is 15.9 Å². The van der Waals surface area contributed by atoms with Gasteiger partial charge in [0.1, 0.15) is 5.75 Å². The predicted molar refractivity (Wildman–Crippen MR) is 87.3 cm³/mol. The SMILES string of the molecule is COc1cc(Br)ccc1CNCCCN1CCCCC1. The molecule has 1 fully saturated rings. The third kappa shape index (κ3) is 5.08. The van der Waals surface area contributed by atoms with Crippen molar-refractivity contribution in [3.8, 4) is 5.75 Å². The van der Waals surface area contributed by atoms with Crippen molar-refractivity contribution < 1.29 is 4.74 Å². The summed E-state index contributed by atoms with van der Waals surface area (Å²) in [4.78, 5) is 2.59. The molecule has 0 bridgehead atoms. The molecule has 1 aliphatic heterocycles. The van der Waals surface area contributed by atoms with Gasteiger partial charge in [-0.3, -0.25) is 0 Å². The van der Waals surface area contributed by atoms with Crippen molar-refractivity contribution in [3.63, 3.8) is 0 Å². The van der Waals surface area contributed by atoms with E-state index in [-0.39, 0.29) is 0 Å². The Morgan fingerprint density at radius 1 is 1.25 bits per heavy atom. The summed E-state index contributed by atoms with van der Waals surface area (Å²) >= 11 is 3.47. The first-order chi connectivity index (χ1) is 9.79. The van der Waals surface area contributed by atoms with Crippen LogP contribution in [-0.4, -0.2) is 38.2 Å². The lowest BCUT2D eigenvalue weighted by Gasteiger charge is -2.26. The van der Waals surface area contributed by atoms with E-state index in [1.165, 1.54) is 50.9 Å². The summed E-state index contributed by atoms with van der Waals surface area (Å²) in [6.07, 6.45) is 5.39. The zero-order valence-electron chi connectivity index (χ0n) is 12.3. The Kier molecular flexibility index (Phi) is 6.83. The molecule has 0 atom stereocenters. The molecular weight excluding hydrogens is 316 g/mol. The highest BCUT2D eigenvalue weighted by atomic mass is 79.9. The zero-order valence-corrected chi connectivity index (χ0v) is 13.9. The molecule has 1 aromatic rings. The summed E-state index contributed by atoms with van der Waals surface area (Å²) in [6.45, 7) is 5.75. The molecule has 1 N–H and O–H groups in total. The molecule has 0 saturated carbocycles. The van der Waals surface area contributed by atoms with Gasteiger partial charge in [-0.25, -0.2) is 0 Å². The molecule has 0 aliphatic carbocycles. The minimum absolute atomic E-state index is 0.871. The molecule has 1 saturated heterocycles. The fourth-order valence-electron chi connectivity index (χ4n) is 2.70. The molecule has 0 aromatic heterocycles. The Morgan fingerprint density at radius 2 is 2.05 bits per heavy atom. The molecule has 0 radical (unpaired) electrons. The van der Waals surface area contributed by atoms with Crippen LogP contribution in [0.25, 0.3) is 0 Å². The molecule has 3 nitrogen and oxygen atoms in total. The van der Waals surface area contributed by atoms with Gasteiger partial charge in [0, 0.05) is 16.6 Å². The first kappa shape index (κ1) is 15.8. The second-order valence-electron chi connectivity index (χ2n) is 5.39. The molecule has 1 heterocycles. The van der Waals surface area contributed by atoms with Crippen LogP contribution in [0.4, 0.5) is 0 Å². The van der Waals surface area contributed by atoms with Crippen LogP contribution in [0.1, 0.15) is 31.2 Å². The number of hydrogen-bond acceptors (Lipinski definition) is 3. The van der Waals surface area contributed by atoms with E-state index in [1.807, 2.05) is 6.07 Å². The van der Waals surface area contributed by atoms with Crippen molar-refractivity contribution in [2.24, 2.45) is 0 Å². The number of likely N-dealkylation sites (tertiary alicyclic amines) is 1. The molecule has 1 aliphatic rings. The fourth-order valence-corrected chi connectivity index (χ4v) is 3.04. The average molecular weight is 341 g/mol. The topological polar surface area (TPSA) is 24.5 Å². The van der Waals surface area contributed by atoms with Gasteiger partial charge >= 0.3 is 0 Å². The molecule has 2 rings (SSSR count).